The van der Waals surface area contributed by atoms with Crippen molar-refractivity contribution in [3.05, 3.63) is 95.6 Å². The van der Waals surface area contributed by atoms with Crippen molar-refractivity contribution in [3.63, 3.8) is 0 Å². The second-order valence-corrected chi connectivity index (χ2v) is 7.75. The molecule has 28 heavy (non-hydrogen) atoms. The normalized spacial score (nSPS) is 10.8. The fourth-order valence-electron chi connectivity index (χ4n) is 2.49. The number of nitrogens with one attached hydrogen (secondary N) is 2. The molecule has 7 heteroatoms. The summed E-state index contributed by atoms with van der Waals surface area (Å²) < 4.78 is 27.6. The standard InChI is InChI=1S/C21H17N3O3S/c22-14-16-9-11-19(12-10-16)24-21(25)18-7-4-8-20(13-18)28(26,27)23-15-17-5-2-1-3-6-17/h1-13,23H,15H2,(H,24,25). The molecule has 3 aromatic rings. The summed E-state index contributed by atoms with van der Waals surface area (Å²) in [5, 5.41) is 11.5. The van der Waals surface area contributed by atoms with Gasteiger partial charge in [0.15, 0.2) is 0 Å². The molecule has 0 atom stereocenters. The molecular weight excluding hydrogens is 374 g/mol. The predicted molar refractivity (Wildman–Crippen MR) is 106 cm³/mol. The number of nitriles is 1. The molecule has 2 N–H and O–H groups in total. The molecule has 0 aromatic heterocycles. The summed E-state index contributed by atoms with van der Waals surface area (Å²) in [5.41, 5.74) is 2.04. The van der Waals surface area contributed by atoms with Crippen LogP contribution in [0.5, 0.6) is 0 Å². The number of hydrogen-bond acceptors (Lipinski definition) is 4. The number of anilines is 1. The van der Waals surface area contributed by atoms with Crippen LogP contribution in [0.25, 0.3) is 0 Å². The van der Waals surface area contributed by atoms with Crippen LogP contribution >= 0.6 is 0 Å². The number of sulfonamides is 1. The molecular formula is C21H17N3O3S. The number of nitrogens with zero attached hydrogens (tertiary/aromatic N) is 1. The zero-order chi connectivity index (χ0) is 20.0. The van der Waals surface area contributed by atoms with Gasteiger partial charge in [-0.2, -0.15) is 5.26 Å². The molecule has 0 aliphatic rings. The molecule has 0 fully saturated rings. The van der Waals surface area contributed by atoms with Gasteiger partial charge in [-0.3, -0.25) is 4.79 Å². The van der Waals surface area contributed by atoms with E-state index in [9.17, 15) is 13.2 Å². The Morgan fingerprint density at radius 1 is 0.929 bits per heavy atom. The Hall–Kier alpha value is -3.47. The number of hydrogen-bond donors (Lipinski definition) is 2. The van der Waals surface area contributed by atoms with E-state index in [1.165, 1.54) is 24.3 Å². The van der Waals surface area contributed by atoms with Gasteiger partial charge in [-0.15, -0.1) is 0 Å². The van der Waals surface area contributed by atoms with Crippen molar-refractivity contribution in [1.82, 2.24) is 4.72 Å². The van der Waals surface area contributed by atoms with Crippen molar-refractivity contribution >= 4 is 21.6 Å². The largest absolute Gasteiger partial charge is 0.322 e. The molecule has 0 heterocycles. The van der Waals surface area contributed by atoms with Gasteiger partial charge in [-0.1, -0.05) is 36.4 Å². The first kappa shape index (κ1) is 19.3. The van der Waals surface area contributed by atoms with E-state index in [0.29, 0.717) is 11.3 Å². The first-order chi connectivity index (χ1) is 13.5. The monoisotopic (exact) mass is 391 g/mol. The minimum Gasteiger partial charge on any atom is -0.322 e. The Morgan fingerprint density at radius 3 is 2.32 bits per heavy atom. The minimum atomic E-state index is -3.76. The van der Waals surface area contributed by atoms with E-state index in [4.69, 9.17) is 5.26 Å². The molecule has 0 saturated heterocycles. The quantitative estimate of drug-likeness (QED) is 0.673. The zero-order valence-electron chi connectivity index (χ0n) is 14.8. The van der Waals surface area contributed by atoms with Gasteiger partial charge >= 0.3 is 0 Å². The van der Waals surface area contributed by atoms with E-state index in [2.05, 4.69) is 10.0 Å². The maximum Gasteiger partial charge on any atom is 0.255 e. The molecule has 3 rings (SSSR count). The lowest BCUT2D eigenvalue weighted by atomic mass is 10.2. The smallest absolute Gasteiger partial charge is 0.255 e. The van der Waals surface area contributed by atoms with Crippen LogP contribution < -0.4 is 10.0 Å². The zero-order valence-corrected chi connectivity index (χ0v) is 15.6. The van der Waals surface area contributed by atoms with E-state index >= 15 is 0 Å². The Morgan fingerprint density at radius 2 is 1.64 bits per heavy atom. The predicted octanol–water partition coefficient (Wildman–Crippen LogP) is 3.29. The first-order valence-electron chi connectivity index (χ1n) is 8.43. The number of amides is 1. The maximum atomic E-state index is 12.5. The molecule has 0 spiro atoms. The van der Waals surface area contributed by atoms with Crippen molar-refractivity contribution in [2.24, 2.45) is 0 Å². The highest BCUT2D eigenvalue weighted by Crippen LogP contribution is 2.15. The van der Waals surface area contributed by atoms with Gasteiger partial charge in [0.05, 0.1) is 16.5 Å². The second-order valence-electron chi connectivity index (χ2n) is 5.98. The summed E-state index contributed by atoms with van der Waals surface area (Å²) in [7, 11) is -3.76. The van der Waals surface area contributed by atoms with Crippen LogP contribution in [0.15, 0.2) is 83.8 Å². The number of benzene rings is 3. The van der Waals surface area contributed by atoms with Crippen LogP contribution in [0.3, 0.4) is 0 Å². The van der Waals surface area contributed by atoms with Gasteiger partial charge in [0.25, 0.3) is 5.91 Å². The van der Waals surface area contributed by atoms with Gasteiger partial charge in [0.1, 0.15) is 0 Å². The number of carbonyl (C=O) groups is 1. The molecule has 0 bridgehead atoms. The number of carbonyl (C=O) groups excluding carboxylic acids is 1. The lowest BCUT2D eigenvalue weighted by Gasteiger charge is -2.09. The lowest BCUT2D eigenvalue weighted by Crippen LogP contribution is -2.23. The summed E-state index contributed by atoms with van der Waals surface area (Å²) >= 11 is 0. The van der Waals surface area contributed by atoms with Crippen LogP contribution in [-0.2, 0) is 16.6 Å². The van der Waals surface area contributed by atoms with E-state index in [1.807, 2.05) is 36.4 Å². The van der Waals surface area contributed by atoms with Crippen LogP contribution in [0.2, 0.25) is 0 Å². The fourth-order valence-corrected chi connectivity index (χ4v) is 3.56. The SMILES string of the molecule is N#Cc1ccc(NC(=O)c2cccc(S(=O)(=O)NCc3ccccc3)c2)cc1. The van der Waals surface area contributed by atoms with E-state index < -0.39 is 15.9 Å². The molecule has 0 radical (unpaired) electrons. The third-order valence-electron chi connectivity index (χ3n) is 3.99. The Bertz CT molecular complexity index is 1120. The van der Waals surface area contributed by atoms with Gasteiger partial charge in [-0.25, -0.2) is 13.1 Å². The third kappa shape index (κ3) is 4.82. The topological polar surface area (TPSA) is 99.1 Å². The minimum absolute atomic E-state index is 0.0101. The Labute approximate surface area is 163 Å². The van der Waals surface area contributed by atoms with E-state index in [0.717, 1.165) is 5.56 Å². The molecule has 0 saturated carbocycles. The van der Waals surface area contributed by atoms with Gasteiger partial charge < -0.3 is 5.32 Å². The Kier molecular flexibility index (Phi) is 5.84. The highest BCUT2D eigenvalue weighted by Gasteiger charge is 2.16. The molecule has 140 valence electrons. The van der Waals surface area contributed by atoms with Crippen LogP contribution in [-0.4, -0.2) is 14.3 Å². The van der Waals surface area contributed by atoms with Crippen molar-refractivity contribution < 1.29 is 13.2 Å². The molecule has 6 nitrogen and oxygen atoms in total. The highest BCUT2D eigenvalue weighted by atomic mass is 32.2. The van der Waals surface area contributed by atoms with Crippen LogP contribution in [0.4, 0.5) is 5.69 Å². The van der Waals surface area contributed by atoms with Crippen LogP contribution in [0.1, 0.15) is 21.5 Å². The van der Waals surface area contributed by atoms with Crippen molar-refractivity contribution in [3.8, 4) is 6.07 Å². The average Bonchev–Trinajstić information content (AvgIpc) is 2.74. The highest BCUT2D eigenvalue weighted by molar-refractivity contribution is 7.89. The summed E-state index contributed by atoms with van der Waals surface area (Å²) in [5.74, 6) is -0.440. The third-order valence-corrected chi connectivity index (χ3v) is 5.39. The molecule has 0 unspecified atom stereocenters. The second kappa shape index (κ2) is 8.48. The summed E-state index contributed by atoms with van der Waals surface area (Å²) in [6.07, 6.45) is 0. The lowest BCUT2D eigenvalue weighted by molar-refractivity contribution is 0.102. The van der Waals surface area contributed by atoms with Gasteiger partial charge in [0, 0.05) is 17.8 Å². The molecule has 0 aliphatic carbocycles. The van der Waals surface area contributed by atoms with Crippen molar-refractivity contribution in [1.29, 1.82) is 5.26 Å². The van der Waals surface area contributed by atoms with Gasteiger partial charge in [-0.05, 0) is 48.0 Å². The molecule has 1 amide bonds. The summed E-state index contributed by atoms with van der Waals surface area (Å²) in [6.45, 7) is 0.158. The summed E-state index contributed by atoms with van der Waals surface area (Å²) in [4.78, 5) is 12.4. The average molecular weight is 391 g/mol. The van der Waals surface area contributed by atoms with E-state index in [1.54, 1.807) is 24.3 Å². The molecule has 0 aliphatic heterocycles. The van der Waals surface area contributed by atoms with Gasteiger partial charge in [0.2, 0.25) is 10.0 Å². The Balaban J connectivity index is 1.73. The fraction of sp³-hybridized carbons (Fsp3) is 0.0476. The van der Waals surface area contributed by atoms with E-state index in [-0.39, 0.29) is 17.0 Å². The first-order valence-corrected chi connectivity index (χ1v) is 9.91. The van der Waals surface area contributed by atoms with Crippen molar-refractivity contribution in [2.75, 3.05) is 5.32 Å². The molecule has 3 aromatic carbocycles. The van der Waals surface area contributed by atoms with Crippen molar-refractivity contribution in [2.45, 2.75) is 11.4 Å². The summed E-state index contributed by atoms with van der Waals surface area (Å²) in [6, 6.07) is 23.4. The maximum absolute atomic E-state index is 12.5. The van der Waals surface area contributed by atoms with Crippen LogP contribution in [0, 0.1) is 11.3 Å². The number of rotatable bonds is 6.